The highest BCUT2D eigenvalue weighted by molar-refractivity contribution is 5.91. The molecule has 0 bridgehead atoms. The molecule has 5 rings (SSSR count). The second-order valence-corrected chi connectivity index (χ2v) is 8.12. The summed E-state index contributed by atoms with van der Waals surface area (Å²) in [6.45, 7) is 0. The fourth-order valence-corrected chi connectivity index (χ4v) is 3.66. The summed E-state index contributed by atoms with van der Waals surface area (Å²) in [6, 6.07) is 28.5. The van der Waals surface area contributed by atoms with Crippen LogP contribution in [0.15, 0.2) is 97.1 Å². The van der Waals surface area contributed by atoms with Gasteiger partial charge in [0.15, 0.2) is 0 Å². The number of ether oxygens (including phenoxy) is 2. The molecule has 0 saturated heterocycles. The molecule has 0 fully saturated rings. The molecule has 6 N–H and O–H groups in total. The van der Waals surface area contributed by atoms with E-state index in [1.54, 1.807) is 24.3 Å². The van der Waals surface area contributed by atoms with Crippen molar-refractivity contribution in [1.82, 2.24) is 0 Å². The van der Waals surface area contributed by atoms with Gasteiger partial charge in [0, 0.05) is 28.6 Å². The van der Waals surface area contributed by atoms with E-state index in [2.05, 4.69) is 11.8 Å². The summed E-state index contributed by atoms with van der Waals surface area (Å²) < 4.78 is 12.0. The Morgan fingerprint density at radius 2 is 1.14 bits per heavy atom. The van der Waals surface area contributed by atoms with Gasteiger partial charge in [-0.1, -0.05) is 36.1 Å². The van der Waals surface area contributed by atoms with Crippen LogP contribution in [0.4, 0.5) is 11.4 Å². The van der Waals surface area contributed by atoms with Gasteiger partial charge in [-0.25, -0.2) is 0 Å². The van der Waals surface area contributed by atoms with Crippen LogP contribution in [0.25, 0.3) is 10.8 Å². The predicted octanol–water partition coefficient (Wildman–Crippen LogP) is 6.40. The number of aromatic hydroxyl groups is 2. The van der Waals surface area contributed by atoms with E-state index in [9.17, 15) is 10.2 Å². The Hall–Kier alpha value is -5.28. The van der Waals surface area contributed by atoms with E-state index < -0.39 is 0 Å². The molecule has 0 aliphatic carbocycles. The number of phenolic OH excluding ortho intramolecular Hbond substituents is 2. The van der Waals surface area contributed by atoms with E-state index >= 15 is 0 Å². The quantitative estimate of drug-likeness (QED) is 0.136. The van der Waals surface area contributed by atoms with Crippen LogP contribution in [0.1, 0.15) is 11.1 Å². The lowest BCUT2D eigenvalue weighted by Crippen LogP contribution is -1.92. The number of fused-ring (bicyclic) bond motifs is 1. The molecular weight excluding hydrogens is 452 g/mol. The fraction of sp³-hybridized carbons (Fsp3) is 0. The van der Waals surface area contributed by atoms with E-state index in [4.69, 9.17) is 20.9 Å². The standard InChI is InChI=1S/C30H22N2O4/c31-27-17-23(10-12-29(27)33)35-22-9-8-21-15-25(36-24-11-13-30(34)28(32)18-24)14-20(26(21)16-22)7-6-19-4-2-1-3-5-19/h1-5,8-18,33-34H,31-32H2. The summed E-state index contributed by atoms with van der Waals surface area (Å²) in [7, 11) is 0. The second-order valence-electron chi connectivity index (χ2n) is 8.12. The van der Waals surface area contributed by atoms with Gasteiger partial charge >= 0.3 is 0 Å². The molecular formula is C30H22N2O4. The highest BCUT2D eigenvalue weighted by Crippen LogP contribution is 2.35. The molecule has 6 nitrogen and oxygen atoms in total. The molecule has 0 radical (unpaired) electrons. The fourth-order valence-electron chi connectivity index (χ4n) is 3.66. The summed E-state index contributed by atoms with van der Waals surface area (Å²) >= 11 is 0. The van der Waals surface area contributed by atoms with Crippen molar-refractivity contribution in [2.75, 3.05) is 11.5 Å². The Bertz CT molecular complexity index is 1640. The van der Waals surface area contributed by atoms with Crippen molar-refractivity contribution in [2.45, 2.75) is 0 Å². The van der Waals surface area contributed by atoms with Crippen LogP contribution in [0, 0.1) is 11.8 Å². The third-order valence-electron chi connectivity index (χ3n) is 5.48. The number of hydrogen-bond donors (Lipinski definition) is 4. The van der Waals surface area contributed by atoms with Crippen LogP contribution in [0.2, 0.25) is 0 Å². The molecule has 5 aromatic carbocycles. The molecule has 5 aromatic rings. The lowest BCUT2D eigenvalue weighted by molar-refractivity contribution is 0.466. The number of anilines is 2. The van der Waals surface area contributed by atoms with Crippen LogP contribution >= 0.6 is 0 Å². The number of rotatable bonds is 4. The first-order chi connectivity index (χ1) is 17.4. The maximum atomic E-state index is 9.70. The normalized spacial score (nSPS) is 10.4. The van der Waals surface area contributed by atoms with E-state index in [0.717, 1.165) is 21.9 Å². The number of phenols is 2. The van der Waals surface area contributed by atoms with Gasteiger partial charge in [0.05, 0.1) is 11.4 Å². The minimum Gasteiger partial charge on any atom is -0.506 e. The van der Waals surface area contributed by atoms with Crippen LogP contribution < -0.4 is 20.9 Å². The van der Waals surface area contributed by atoms with E-state index in [1.165, 1.54) is 12.1 Å². The van der Waals surface area contributed by atoms with E-state index in [1.807, 2.05) is 60.7 Å². The average molecular weight is 475 g/mol. The van der Waals surface area contributed by atoms with Gasteiger partial charge in [-0.15, -0.1) is 0 Å². The summed E-state index contributed by atoms with van der Waals surface area (Å²) in [4.78, 5) is 0. The number of nitrogen functional groups attached to an aromatic ring is 2. The zero-order valence-corrected chi connectivity index (χ0v) is 19.1. The third-order valence-corrected chi connectivity index (χ3v) is 5.48. The topological polar surface area (TPSA) is 111 Å². The molecule has 0 atom stereocenters. The first-order valence-electron chi connectivity index (χ1n) is 11.1. The monoisotopic (exact) mass is 474 g/mol. The molecule has 0 unspecified atom stereocenters. The van der Waals surface area contributed by atoms with Crippen molar-refractivity contribution < 1.29 is 19.7 Å². The van der Waals surface area contributed by atoms with Crippen molar-refractivity contribution >= 4 is 22.1 Å². The van der Waals surface area contributed by atoms with E-state index in [0.29, 0.717) is 23.0 Å². The second kappa shape index (κ2) is 9.53. The lowest BCUT2D eigenvalue weighted by atomic mass is 10.0. The molecule has 0 aliphatic heterocycles. The number of nitrogens with two attached hydrogens (primary N) is 2. The average Bonchev–Trinajstić information content (AvgIpc) is 2.88. The van der Waals surface area contributed by atoms with Gasteiger partial charge < -0.3 is 31.2 Å². The number of hydrogen-bond acceptors (Lipinski definition) is 6. The zero-order valence-electron chi connectivity index (χ0n) is 19.1. The summed E-state index contributed by atoms with van der Waals surface area (Å²) in [6.07, 6.45) is 0. The maximum Gasteiger partial charge on any atom is 0.138 e. The molecule has 0 spiro atoms. The van der Waals surface area contributed by atoms with Gasteiger partial charge in [-0.05, 0) is 66.0 Å². The minimum absolute atomic E-state index is 0.00167. The van der Waals surface area contributed by atoms with Crippen LogP contribution in [0.5, 0.6) is 34.5 Å². The molecule has 0 saturated carbocycles. The summed E-state index contributed by atoms with van der Waals surface area (Å²) in [5.74, 6) is 8.62. The van der Waals surface area contributed by atoms with Gasteiger partial charge in [-0.2, -0.15) is 0 Å². The van der Waals surface area contributed by atoms with Crippen molar-refractivity contribution in [3.63, 3.8) is 0 Å². The highest BCUT2D eigenvalue weighted by atomic mass is 16.5. The Morgan fingerprint density at radius 3 is 1.78 bits per heavy atom. The minimum atomic E-state index is -0.00167. The third kappa shape index (κ3) is 4.96. The molecule has 0 heterocycles. The molecule has 6 heteroatoms. The summed E-state index contributed by atoms with van der Waals surface area (Å²) in [5, 5.41) is 21.2. The Kier molecular flexibility index (Phi) is 5.96. The van der Waals surface area contributed by atoms with Crippen molar-refractivity contribution in [2.24, 2.45) is 0 Å². The van der Waals surface area contributed by atoms with Crippen LogP contribution in [0.3, 0.4) is 0 Å². The van der Waals surface area contributed by atoms with Gasteiger partial charge in [0.1, 0.15) is 34.5 Å². The Labute approximate surface area is 208 Å². The first-order valence-corrected chi connectivity index (χ1v) is 11.1. The highest BCUT2D eigenvalue weighted by Gasteiger charge is 2.09. The molecule has 0 amide bonds. The number of benzene rings is 5. The summed E-state index contributed by atoms with van der Waals surface area (Å²) in [5.41, 5.74) is 13.7. The van der Waals surface area contributed by atoms with Gasteiger partial charge in [-0.3, -0.25) is 0 Å². The Morgan fingerprint density at radius 1 is 0.556 bits per heavy atom. The van der Waals surface area contributed by atoms with Gasteiger partial charge in [0.2, 0.25) is 0 Å². The molecule has 36 heavy (non-hydrogen) atoms. The van der Waals surface area contributed by atoms with Gasteiger partial charge in [0.25, 0.3) is 0 Å². The molecule has 0 aliphatic rings. The SMILES string of the molecule is Nc1cc(Oc2cc(C#Cc3ccccc3)c3cc(Oc4ccc(O)c(N)c4)ccc3c2)ccc1O. The molecule has 0 aromatic heterocycles. The van der Waals surface area contributed by atoms with Crippen molar-refractivity contribution in [3.05, 3.63) is 108 Å². The van der Waals surface area contributed by atoms with Crippen molar-refractivity contribution in [1.29, 1.82) is 0 Å². The predicted molar refractivity (Wildman–Crippen MR) is 142 cm³/mol. The maximum absolute atomic E-state index is 9.70. The van der Waals surface area contributed by atoms with Crippen LogP contribution in [-0.4, -0.2) is 10.2 Å². The largest absolute Gasteiger partial charge is 0.506 e. The van der Waals surface area contributed by atoms with E-state index in [-0.39, 0.29) is 22.9 Å². The first kappa shape index (κ1) is 22.5. The zero-order chi connectivity index (χ0) is 25.1. The lowest BCUT2D eigenvalue weighted by Gasteiger charge is -2.12. The smallest absolute Gasteiger partial charge is 0.138 e. The Balaban J connectivity index is 1.56. The van der Waals surface area contributed by atoms with Crippen molar-refractivity contribution in [3.8, 4) is 46.3 Å². The van der Waals surface area contributed by atoms with Crippen LogP contribution in [-0.2, 0) is 0 Å². The molecule has 176 valence electrons.